The van der Waals surface area contributed by atoms with Crippen LogP contribution in [0.15, 0.2) is 41.4 Å². The topological polar surface area (TPSA) is 45.7 Å². The Labute approximate surface area is 154 Å². The molecule has 4 nitrogen and oxygen atoms in total. The van der Waals surface area contributed by atoms with Gasteiger partial charge in [0.1, 0.15) is 6.10 Å². The maximum Gasteiger partial charge on any atom is 0.191 e. The van der Waals surface area contributed by atoms with E-state index in [0.29, 0.717) is 18.3 Å². The van der Waals surface area contributed by atoms with Crippen molar-refractivity contribution in [2.45, 2.75) is 38.3 Å². The van der Waals surface area contributed by atoms with Crippen LogP contribution < -0.4 is 15.4 Å². The number of aliphatic imine (C=N–C) groups is 1. The molecular weight excluding hydrogens is 408 g/mol. The van der Waals surface area contributed by atoms with Gasteiger partial charge in [0, 0.05) is 13.1 Å². The number of guanidine groups is 1. The van der Waals surface area contributed by atoms with Gasteiger partial charge in [-0.2, -0.15) is 0 Å². The highest BCUT2D eigenvalue weighted by Crippen LogP contribution is 2.17. The number of rotatable bonds is 6. The molecule has 0 heterocycles. The largest absolute Gasteiger partial charge is 0.486 e. The zero-order valence-electron chi connectivity index (χ0n) is 13.6. The highest BCUT2D eigenvalue weighted by Gasteiger charge is 2.14. The Kier molecular flexibility index (Phi) is 8.98. The molecule has 23 heavy (non-hydrogen) atoms. The SMILES string of the molecule is CCC(CNC(=NC)NC1CC=CC1)Oc1ccccc1F.I. The number of hydrogen-bond acceptors (Lipinski definition) is 2. The quantitative estimate of drug-likeness (QED) is 0.313. The van der Waals surface area contributed by atoms with E-state index >= 15 is 0 Å². The molecule has 0 aromatic heterocycles. The highest BCUT2D eigenvalue weighted by molar-refractivity contribution is 14.0. The predicted octanol–water partition coefficient (Wildman–Crippen LogP) is 3.48. The Morgan fingerprint density at radius 1 is 1.35 bits per heavy atom. The monoisotopic (exact) mass is 433 g/mol. The van der Waals surface area contributed by atoms with Crippen molar-refractivity contribution in [1.29, 1.82) is 0 Å². The minimum absolute atomic E-state index is 0. The Bertz CT molecular complexity index is 528. The lowest BCUT2D eigenvalue weighted by molar-refractivity contribution is 0.191. The summed E-state index contributed by atoms with van der Waals surface area (Å²) in [5.41, 5.74) is 0. The lowest BCUT2D eigenvalue weighted by atomic mass is 10.2. The third-order valence-corrected chi connectivity index (χ3v) is 3.66. The number of benzene rings is 1. The van der Waals surface area contributed by atoms with Crippen LogP contribution in [0.1, 0.15) is 26.2 Å². The first kappa shape index (κ1) is 19.7. The molecule has 1 aliphatic rings. The van der Waals surface area contributed by atoms with Gasteiger partial charge in [0.25, 0.3) is 0 Å². The molecule has 1 aromatic rings. The Balaban J connectivity index is 0.00000264. The summed E-state index contributed by atoms with van der Waals surface area (Å²) < 4.78 is 19.4. The van der Waals surface area contributed by atoms with E-state index in [4.69, 9.17) is 4.74 Å². The maximum atomic E-state index is 13.6. The number of ether oxygens (including phenoxy) is 1. The molecule has 1 aliphatic carbocycles. The summed E-state index contributed by atoms with van der Waals surface area (Å²) in [6.45, 7) is 2.59. The summed E-state index contributed by atoms with van der Waals surface area (Å²) >= 11 is 0. The summed E-state index contributed by atoms with van der Waals surface area (Å²) in [7, 11) is 1.75. The van der Waals surface area contributed by atoms with Crippen LogP contribution in [0.2, 0.25) is 0 Å². The molecule has 0 spiro atoms. The number of nitrogens with zero attached hydrogens (tertiary/aromatic N) is 1. The van der Waals surface area contributed by atoms with Crippen LogP contribution in [0.25, 0.3) is 0 Å². The van der Waals surface area contributed by atoms with Gasteiger partial charge in [-0.1, -0.05) is 31.2 Å². The van der Waals surface area contributed by atoms with Gasteiger partial charge in [-0.15, -0.1) is 24.0 Å². The van der Waals surface area contributed by atoms with E-state index in [-0.39, 0.29) is 35.9 Å². The zero-order chi connectivity index (χ0) is 15.8. The molecule has 1 unspecified atom stereocenters. The number of nitrogens with one attached hydrogen (secondary N) is 2. The van der Waals surface area contributed by atoms with Crippen molar-refractivity contribution in [3.05, 3.63) is 42.2 Å². The van der Waals surface area contributed by atoms with Gasteiger partial charge >= 0.3 is 0 Å². The highest BCUT2D eigenvalue weighted by atomic mass is 127. The molecule has 128 valence electrons. The van der Waals surface area contributed by atoms with E-state index in [1.165, 1.54) is 6.07 Å². The molecule has 0 bridgehead atoms. The normalized spacial score (nSPS) is 15.9. The van der Waals surface area contributed by atoms with E-state index in [1.807, 2.05) is 6.92 Å². The summed E-state index contributed by atoms with van der Waals surface area (Å²) in [5.74, 6) is 0.712. The Hall–Kier alpha value is -1.31. The van der Waals surface area contributed by atoms with Crippen molar-refractivity contribution in [2.75, 3.05) is 13.6 Å². The molecule has 1 aromatic carbocycles. The summed E-state index contributed by atoms with van der Waals surface area (Å²) in [6, 6.07) is 6.88. The van der Waals surface area contributed by atoms with Crippen molar-refractivity contribution >= 4 is 29.9 Å². The lowest BCUT2D eigenvalue weighted by Gasteiger charge is -2.21. The first-order valence-electron chi connectivity index (χ1n) is 7.76. The molecule has 0 amide bonds. The van der Waals surface area contributed by atoms with Crippen LogP contribution in [-0.2, 0) is 0 Å². The number of halogens is 2. The molecule has 2 rings (SSSR count). The fourth-order valence-corrected chi connectivity index (χ4v) is 2.32. The summed E-state index contributed by atoms with van der Waals surface area (Å²) in [5, 5.41) is 6.62. The molecule has 1 atom stereocenters. The van der Waals surface area contributed by atoms with Gasteiger partial charge < -0.3 is 15.4 Å². The minimum Gasteiger partial charge on any atom is -0.486 e. The van der Waals surface area contributed by atoms with E-state index in [1.54, 1.807) is 25.2 Å². The van der Waals surface area contributed by atoms with Crippen LogP contribution >= 0.6 is 24.0 Å². The second kappa shape index (κ2) is 10.5. The van der Waals surface area contributed by atoms with E-state index in [9.17, 15) is 4.39 Å². The summed E-state index contributed by atoms with van der Waals surface area (Å²) in [4.78, 5) is 4.22. The molecule has 0 fully saturated rings. The molecule has 0 aliphatic heterocycles. The first-order chi connectivity index (χ1) is 10.7. The predicted molar refractivity (Wildman–Crippen MR) is 103 cm³/mol. The van der Waals surface area contributed by atoms with Gasteiger partial charge in [0.2, 0.25) is 0 Å². The molecule has 0 saturated carbocycles. The van der Waals surface area contributed by atoms with E-state index in [2.05, 4.69) is 27.8 Å². The molecule has 0 radical (unpaired) electrons. The van der Waals surface area contributed by atoms with E-state index in [0.717, 1.165) is 25.2 Å². The van der Waals surface area contributed by atoms with Crippen LogP contribution in [-0.4, -0.2) is 31.7 Å². The molecular formula is C17H25FIN3O. The molecule has 0 saturated heterocycles. The van der Waals surface area contributed by atoms with Gasteiger partial charge in [-0.05, 0) is 31.4 Å². The van der Waals surface area contributed by atoms with Crippen molar-refractivity contribution < 1.29 is 9.13 Å². The third kappa shape index (κ3) is 6.37. The van der Waals surface area contributed by atoms with Gasteiger partial charge in [0.05, 0.1) is 6.54 Å². The molecule has 2 N–H and O–H groups in total. The van der Waals surface area contributed by atoms with Crippen LogP contribution in [0, 0.1) is 5.82 Å². The average molecular weight is 433 g/mol. The van der Waals surface area contributed by atoms with Crippen molar-refractivity contribution in [1.82, 2.24) is 10.6 Å². The number of para-hydroxylation sites is 1. The Morgan fingerprint density at radius 2 is 2.04 bits per heavy atom. The van der Waals surface area contributed by atoms with Crippen LogP contribution in [0.3, 0.4) is 0 Å². The van der Waals surface area contributed by atoms with Gasteiger partial charge in [-0.3, -0.25) is 4.99 Å². The van der Waals surface area contributed by atoms with Crippen molar-refractivity contribution in [3.8, 4) is 5.75 Å². The molecule has 6 heteroatoms. The average Bonchev–Trinajstić information content (AvgIpc) is 3.04. The second-order valence-corrected chi connectivity index (χ2v) is 5.32. The number of hydrogen-bond donors (Lipinski definition) is 2. The van der Waals surface area contributed by atoms with Crippen molar-refractivity contribution in [2.24, 2.45) is 4.99 Å². The Morgan fingerprint density at radius 3 is 2.65 bits per heavy atom. The van der Waals surface area contributed by atoms with Gasteiger partial charge in [-0.25, -0.2) is 4.39 Å². The smallest absolute Gasteiger partial charge is 0.191 e. The van der Waals surface area contributed by atoms with Gasteiger partial charge in [0.15, 0.2) is 17.5 Å². The van der Waals surface area contributed by atoms with Crippen LogP contribution in [0.5, 0.6) is 5.75 Å². The standard InChI is InChI=1S/C17H24FN3O.HI/c1-3-14(22-16-11-7-6-10-15(16)18)12-20-17(19-2)21-13-8-4-5-9-13;/h4-7,10-11,13-14H,3,8-9,12H2,1-2H3,(H2,19,20,21);1H. The fraction of sp³-hybridized carbons (Fsp3) is 0.471. The fourth-order valence-electron chi connectivity index (χ4n) is 2.32. The zero-order valence-corrected chi connectivity index (χ0v) is 15.9. The maximum absolute atomic E-state index is 13.6. The van der Waals surface area contributed by atoms with E-state index < -0.39 is 0 Å². The van der Waals surface area contributed by atoms with Crippen molar-refractivity contribution in [3.63, 3.8) is 0 Å². The first-order valence-corrected chi connectivity index (χ1v) is 7.76. The minimum atomic E-state index is -0.333. The second-order valence-electron chi connectivity index (χ2n) is 5.32. The lowest BCUT2D eigenvalue weighted by Crippen LogP contribution is -2.45. The third-order valence-electron chi connectivity index (χ3n) is 3.66. The van der Waals surface area contributed by atoms with Crippen LogP contribution in [0.4, 0.5) is 4.39 Å². The summed E-state index contributed by atoms with van der Waals surface area (Å²) in [6.07, 6.45) is 7.04.